The number of halogens is 3. The Labute approximate surface area is 213 Å². The fourth-order valence-electron chi connectivity index (χ4n) is 4.63. The number of anilines is 1. The highest BCUT2D eigenvalue weighted by Crippen LogP contribution is 2.39. The van der Waals surface area contributed by atoms with Crippen molar-refractivity contribution in [2.75, 3.05) is 4.90 Å². The number of nitrogens with one attached hydrogen (secondary N) is 1. The number of fused-ring (bicyclic) bond motifs is 2. The molecule has 2 fully saturated rings. The molecule has 3 heterocycles. The van der Waals surface area contributed by atoms with Crippen LogP contribution in [0.15, 0.2) is 35.4 Å². The third kappa shape index (κ3) is 5.23. The molecule has 34 heavy (non-hydrogen) atoms. The van der Waals surface area contributed by atoms with Crippen LogP contribution in [0, 0.1) is 0 Å². The SMILES string of the molecule is CC(C)(Oc1cc(Cl)c(Cl)cc1Cl)C(=O)NC1C[C@H]2CC[C@@H](C1)N2c1ccc(S(N)(=O)=O)cn1. The monoisotopic (exact) mass is 546 g/mol. The number of rotatable bonds is 6. The van der Waals surface area contributed by atoms with E-state index < -0.39 is 15.6 Å². The van der Waals surface area contributed by atoms with E-state index in [4.69, 9.17) is 44.7 Å². The van der Waals surface area contributed by atoms with Crippen molar-refractivity contribution >= 4 is 56.6 Å². The largest absolute Gasteiger partial charge is 0.476 e. The summed E-state index contributed by atoms with van der Waals surface area (Å²) in [6.07, 6.45) is 4.70. The number of hydrogen-bond donors (Lipinski definition) is 2. The number of piperidine rings is 1. The van der Waals surface area contributed by atoms with E-state index in [1.807, 2.05) is 0 Å². The summed E-state index contributed by atoms with van der Waals surface area (Å²) in [5.41, 5.74) is -1.19. The predicted molar refractivity (Wildman–Crippen MR) is 132 cm³/mol. The van der Waals surface area contributed by atoms with Gasteiger partial charge >= 0.3 is 0 Å². The molecule has 184 valence electrons. The molecule has 2 aliphatic rings. The van der Waals surface area contributed by atoms with Crippen molar-refractivity contribution in [1.82, 2.24) is 10.3 Å². The van der Waals surface area contributed by atoms with Gasteiger partial charge in [0, 0.05) is 30.4 Å². The molecule has 1 unspecified atom stereocenters. The minimum absolute atomic E-state index is 0.0185. The van der Waals surface area contributed by atoms with Crippen molar-refractivity contribution in [3.05, 3.63) is 45.5 Å². The lowest BCUT2D eigenvalue weighted by molar-refractivity contribution is -0.135. The summed E-state index contributed by atoms with van der Waals surface area (Å²) in [5.74, 6) is 0.728. The van der Waals surface area contributed by atoms with Crippen molar-refractivity contribution in [1.29, 1.82) is 0 Å². The maximum atomic E-state index is 13.1. The van der Waals surface area contributed by atoms with E-state index >= 15 is 0 Å². The van der Waals surface area contributed by atoms with E-state index in [0.717, 1.165) is 25.7 Å². The van der Waals surface area contributed by atoms with Crippen LogP contribution in [0.5, 0.6) is 5.75 Å². The van der Waals surface area contributed by atoms with E-state index in [9.17, 15) is 13.2 Å². The first-order chi connectivity index (χ1) is 15.8. The molecule has 2 aromatic rings. The molecule has 1 aromatic heterocycles. The summed E-state index contributed by atoms with van der Waals surface area (Å²) < 4.78 is 28.9. The van der Waals surface area contributed by atoms with Crippen molar-refractivity contribution in [2.24, 2.45) is 5.14 Å². The number of aromatic nitrogens is 1. The Hall–Kier alpha value is -1.78. The lowest BCUT2D eigenvalue weighted by Gasteiger charge is -2.40. The molecule has 3 N–H and O–H groups in total. The zero-order chi connectivity index (χ0) is 24.8. The molecule has 0 radical (unpaired) electrons. The van der Waals surface area contributed by atoms with Gasteiger partial charge < -0.3 is 15.0 Å². The Balaban J connectivity index is 1.42. The van der Waals surface area contributed by atoms with Crippen molar-refractivity contribution in [2.45, 2.75) is 68.2 Å². The quantitative estimate of drug-likeness (QED) is 0.525. The van der Waals surface area contributed by atoms with E-state index in [0.29, 0.717) is 10.8 Å². The van der Waals surface area contributed by atoms with Crippen LogP contribution in [0.1, 0.15) is 39.5 Å². The van der Waals surface area contributed by atoms with E-state index in [1.54, 1.807) is 19.9 Å². The van der Waals surface area contributed by atoms with Gasteiger partial charge in [-0.05, 0) is 57.7 Å². The Morgan fingerprint density at radius 3 is 2.29 bits per heavy atom. The van der Waals surface area contributed by atoms with Crippen molar-refractivity contribution in [3.8, 4) is 5.75 Å². The lowest BCUT2D eigenvalue weighted by atomic mass is 9.96. The Morgan fingerprint density at radius 2 is 1.74 bits per heavy atom. The number of amides is 1. The first-order valence-corrected chi connectivity index (χ1v) is 13.4. The first-order valence-electron chi connectivity index (χ1n) is 10.8. The van der Waals surface area contributed by atoms with E-state index in [-0.39, 0.29) is 44.7 Å². The van der Waals surface area contributed by atoms with Crippen LogP contribution in [0.4, 0.5) is 5.82 Å². The molecule has 4 rings (SSSR count). The number of benzene rings is 1. The fourth-order valence-corrected chi connectivity index (χ4v) is 5.66. The van der Waals surface area contributed by atoms with Gasteiger partial charge in [0.1, 0.15) is 16.5 Å². The summed E-state index contributed by atoms with van der Waals surface area (Å²) in [6, 6.07) is 6.47. The van der Waals surface area contributed by atoms with Gasteiger partial charge in [0.2, 0.25) is 10.0 Å². The molecule has 0 aliphatic carbocycles. The predicted octanol–water partition coefficient (Wildman–Crippen LogP) is 4.16. The molecule has 12 heteroatoms. The van der Waals surface area contributed by atoms with E-state index in [2.05, 4.69) is 15.2 Å². The number of primary sulfonamides is 1. The van der Waals surface area contributed by atoms with Gasteiger partial charge in [-0.2, -0.15) is 0 Å². The van der Waals surface area contributed by atoms with Crippen LogP contribution in [-0.4, -0.2) is 43.0 Å². The summed E-state index contributed by atoms with van der Waals surface area (Å²) in [7, 11) is -3.79. The number of carbonyl (C=O) groups excluding carboxylic acids is 1. The minimum Gasteiger partial charge on any atom is -0.476 e. The first kappa shape index (κ1) is 25.3. The number of hydrogen-bond acceptors (Lipinski definition) is 6. The summed E-state index contributed by atoms with van der Waals surface area (Å²) in [4.78, 5) is 19.6. The maximum absolute atomic E-state index is 13.1. The highest BCUT2D eigenvalue weighted by atomic mass is 35.5. The highest BCUT2D eigenvalue weighted by molar-refractivity contribution is 7.89. The second-order valence-electron chi connectivity index (χ2n) is 9.14. The van der Waals surface area contributed by atoms with Crippen LogP contribution < -0.4 is 20.1 Å². The molecule has 1 aromatic carbocycles. The highest BCUT2D eigenvalue weighted by Gasteiger charge is 2.43. The molecule has 0 spiro atoms. The number of sulfonamides is 1. The molecule has 2 saturated heterocycles. The van der Waals surface area contributed by atoms with Crippen molar-refractivity contribution < 1.29 is 17.9 Å². The molecule has 2 aliphatic heterocycles. The van der Waals surface area contributed by atoms with Gasteiger partial charge in [-0.3, -0.25) is 4.79 Å². The third-order valence-electron chi connectivity index (χ3n) is 6.27. The molecule has 0 saturated carbocycles. The maximum Gasteiger partial charge on any atom is 0.263 e. The normalized spacial score (nSPS) is 22.5. The lowest BCUT2D eigenvalue weighted by Crippen LogP contribution is -2.55. The van der Waals surface area contributed by atoms with Crippen LogP contribution in [-0.2, 0) is 14.8 Å². The van der Waals surface area contributed by atoms with Crippen LogP contribution >= 0.6 is 34.8 Å². The Kier molecular flexibility index (Phi) is 6.96. The van der Waals surface area contributed by atoms with Gasteiger partial charge in [0.15, 0.2) is 5.60 Å². The third-order valence-corrected chi connectivity index (χ3v) is 8.18. The second-order valence-corrected chi connectivity index (χ2v) is 11.9. The van der Waals surface area contributed by atoms with Gasteiger partial charge in [-0.1, -0.05) is 34.8 Å². The smallest absolute Gasteiger partial charge is 0.263 e. The van der Waals surface area contributed by atoms with Gasteiger partial charge in [0.25, 0.3) is 5.91 Å². The van der Waals surface area contributed by atoms with Crippen LogP contribution in [0.25, 0.3) is 0 Å². The average Bonchev–Trinajstić information content (AvgIpc) is 3.01. The number of nitrogens with zero attached hydrogens (tertiary/aromatic N) is 2. The molecule has 8 nitrogen and oxygen atoms in total. The number of nitrogens with two attached hydrogens (primary N) is 1. The van der Waals surface area contributed by atoms with Crippen LogP contribution in [0.2, 0.25) is 15.1 Å². The van der Waals surface area contributed by atoms with Gasteiger partial charge in [0.05, 0.1) is 15.1 Å². The number of ether oxygens (including phenoxy) is 1. The average molecular weight is 548 g/mol. The Morgan fingerprint density at radius 1 is 1.12 bits per heavy atom. The molecule has 2 bridgehead atoms. The Bertz CT molecular complexity index is 1190. The number of carbonyl (C=O) groups is 1. The second kappa shape index (κ2) is 9.35. The van der Waals surface area contributed by atoms with Gasteiger partial charge in [-0.25, -0.2) is 18.5 Å². The summed E-state index contributed by atoms with van der Waals surface area (Å²) in [6.45, 7) is 3.34. The van der Waals surface area contributed by atoms with Crippen molar-refractivity contribution in [3.63, 3.8) is 0 Å². The molecule has 1 amide bonds. The zero-order valence-corrected chi connectivity index (χ0v) is 21.7. The molecule has 3 atom stereocenters. The fraction of sp³-hybridized carbons (Fsp3) is 0.455. The van der Waals surface area contributed by atoms with Crippen LogP contribution in [0.3, 0.4) is 0 Å². The summed E-state index contributed by atoms with van der Waals surface area (Å²) >= 11 is 18.2. The standard InChI is InChI=1S/C22H25Cl3N4O4S/c1-22(2,33-19-10-17(24)16(23)9-18(19)25)21(30)28-12-7-13-3-4-14(8-12)29(13)20-6-5-15(11-27-20)34(26,31)32/h5-6,9-14H,3-4,7-8H2,1-2H3,(H,28,30)(H2,26,31,32)/t12?,13-,14+. The van der Waals surface area contributed by atoms with E-state index in [1.165, 1.54) is 24.4 Å². The minimum atomic E-state index is -3.79. The summed E-state index contributed by atoms with van der Waals surface area (Å²) in [5, 5.41) is 9.14. The zero-order valence-electron chi connectivity index (χ0n) is 18.6. The van der Waals surface area contributed by atoms with Gasteiger partial charge in [-0.15, -0.1) is 0 Å². The number of pyridine rings is 1. The molecular formula is C22H25Cl3N4O4S. The molecular weight excluding hydrogens is 523 g/mol. The topological polar surface area (TPSA) is 115 Å².